The fourth-order valence-electron chi connectivity index (χ4n) is 2.77. The highest BCUT2D eigenvalue weighted by atomic mass is 16.2. The summed E-state index contributed by atoms with van der Waals surface area (Å²) in [5, 5.41) is 2.84. The van der Waals surface area contributed by atoms with Crippen LogP contribution in [0.1, 0.15) is 38.7 Å². The number of rotatable bonds is 5. The van der Waals surface area contributed by atoms with E-state index in [1.807, 2.05) is 45.0 Å². The van der Waals surface area contributed by atoms with Gasteiger partial charge in [0.05, 0.1) is 6.04 Å². The predicted molar refractivity (Wildman–Crippen MR) is 92.1 cm³/mol. The van der Waals surface area contributed by atoms with E-state index in [1.54, 1.807) is 4.90 Å². The first-order valence-electron chi connectivity index (χ1n) is 8.38. The van der Waals surface area contributed by atoms with Gasteiger partial charge < -0.3 is 16.0 Å². The Bertz CT molecular complexity index is 556. The molecule has 0 saturated carbocycles. The van der Waals surface area contributed by atoms with E-state index in [0.717, 1.165) is 24.1 Å². The molecular formula is C18H27N3O2. The first kappa shape index (κ1) is 17.5. The Morgan fingerprint density at radius 2 is 2.04 bits per heavy atom. The minimum absolute atomic E-state index is 0.0511. The van der Waals surface area contributed by atoms with Gasteiger partial charge >= 0.3 is 0 Å². The van der Waals surface area contributed by atoms with Crippen molar-refractivity contribution in [2.24, 2.45) is 11.7 Å². The largest absolute Gasteiger partial charge is 0.343 e. The van der Waals surface area contributed by atoms with E-state index in [1.165, 1.54) is 0 Å². The highest BCUT2D eigenvalue weighted by Crippen LogP contribution is 2.21. The number of carbonyl (C=O) groups is 2. The lowest BCUT2D eigenvalue weighted by molar-refractivity contribution is -0.129. The van der Waals surface area contributed by atoms with Crippen LogP contribution < -0.4 is 16.0 Å². The molecule has 2 amide bonds. The molecule has 3 atom stereocenters. The first-order chi connectivity index (χ1) is 10.9. The standard InChI is InChI=1S/C18H27N3O2/c1-4-13(3)16(19)17(22)20-15-6-5-11-21(18(15)23)14-9-7-12(2)8-10-14/h7-10,13,15-16H,4-6,11,19H2,1-3H3,(H,20,22). The van der Waals surface area contributed by atoms with Gasteiger partial charge in [-0.25, -0.2) is 0 Å². The van der Waals surface area contributed by atoms with E-state index in [0.29, 0.717) is 13.0 Å². The molecule has 1 saturated heterocycles. The molecule has 5 heteroatoms. The fraction of sp³-hybridized carbons (Fsp3) is 0.556. The molecule has 1 heterocycles. The van der Waals surface area contributed by atoms with Gasteiger partial charge in [0.15, 0.2) is 0 Å². The summed E-state index contributed by atoms with van der Waals surface area (Å²) in [5.74, 6) is -0.185. The number of aryl methyl sites for hydroxylation is 1. The lowest BCUT2D eigenvalue weighted by Crippen LogP contribution is -2.56. The molecule has 3 unspecified atom stereocenters. The number of nitrogens with one attached hydrogen (secondary N) is 1. The average molecular weight is 317 g/mol. The van der Waals surface area contributed by atoms with Gasteiger partial charge in [-0.05, 0) is 37.8 Å². The number of amides is 2. The maximum atomic E-state index is 12.7. The Balaban J connectivity index is 2.05. The van der Waals surface area contributed by atoms with Gasteiger partial charge in [0, 0.05) is 12.2 Å². The van der Waals surface area contributed by atoms with Gasteiger partial charge in [-0.1, -0.05) is 38.0 Å². The molecule has 126 valence electrons. The minimum Gasteiger partial charge on any atom is -0.343 e. The Morgan fingerprint density at radius 3 is 2.65 bits per heavy atom. The summed E-state index contributed by atoms with van der Waals surface area (Å²) in [7, 11) is 0. The molecular weight excluding hydrogens is 290 g/mol. The van der Waals surface area contributed by atoms with Crippen LogP contribution in [0.4, 0.5) is 5.69 Å². The molecule has 0 spiro atoms. The third kappa shape index (κ3) is 4.10. The van der Waals surface area contributed by atoms with Gasteiger partial charge in [0.2, 0.25) is 11.8 Å². The Hall–Kier alpha value is -1.88. The number of nitrogens with two attached hydrogens (primary N) is 1. The number of piperidine rings is 1. The minimum atomic E-state index is -0.567. The number of hydrogen-bond acceptors (Lipinski definition) is 3. The zero-order chi connectivity index (χ0) is 17.0. The second kappa shape index (κ2) is 7.59. The molecule has 0 radical (unpaired) electrons. The first-order valence-corrected chi connectivity index (χ1v) is 8.38. The molecule has 1 aliphatic heterocycles. The number of anilines is 1. The second-order valence-electron chi connectivity index (χ2n) is 6.44. The Labute approximate surface area is 138 Å². The Kier molecular flexibility index (Phi) is 5.77. The topological polar surface area (TPSA) is 75.4 Å². The molecule has 3 N–H and O–H groups in total. The molecule has 0 aliphatic carbocycles. The summed E-state index contributed by atoms with van der Waals surface area (Å²) in [6, 6.07) is 6.83. The second-order valence-corrected chi connectivity index (χ2v) is 6.44. The van der Waals surface area contributed by atoms with Crippen molar-refractivity contribution >= 4 is 17.5 Å². The van der Waals surface area contributed by atoms with Crippen molar-refractivity contribution in [2.45, 2.75) is 52.1 Å². The van der Waals surface area contributed by atoms with Gasteiger partial charge in [0.25, 0.3) is 0 Å². The summed E-state index contributed by atoms with van der Waals surface area (Å²) >= 11 is 0. The maximum Gasteiger partial charge on any atom is 0.249 e. The van der Waals surface area contributed by atoms with Crippen LogP contribution >= 0.6 is 0 Å². The zero-order valence-corrected chi connectivity index (χ0v) is 14.2. The lowest BCUT2D eigenvalue weighted by Gasteiger charge is -2.33. The zero-order valence-electron chi connectivity index (χ0n) is 14.2. The smallest absolute Gasteiger partial charge is 0.249 e. The van der Waals surface area contributed by atoms with E-state index in [2.05, 4.69) is 5.32 Å². The third-order valence-corrected chi connectivity index (χ3v) is 4.66. The normalized spacial score (nSPS) is 21.0. The number of hydrogen-bond donors (Lipinski definition) is 2. The van der Waals surface area contributed by atoms with Crippen molar-refractivity contribution in [1.29, 1.82) is 0 Å². The number of benzene rings is 1. The SMILES string of the molecule is CCC(C)C(N)C(=O)NC1CCCN(c2ccc(C)cc2)C1=O. The van der Waals surface area contributed by atoms with Crippen LogP contribution in [0.3, 0.4) is 0 Å². The predicted octanol–water partition coefficient (Wildman–Crippen LogP) is 1.98. The van der Waals surface area contributed by atoms with Crippen molar-refractivity contribution < 1.29 is 9.59 Å². The van der Waals surface area contributed by atoms with Gasteiger partial charge in [0.1, 0.15) is 6.04 Å². The van der Waals surface area contributed by atoms with Crippen LogP contribution in [0.2, 0.25) is 0 Å². The molecule has 1 fully saturated rings. The van der Waals surface area contributed by atoms with E-state index in [-0.39, 0.29) is 17.7 Å². The molecule has 23 heavy (non-hydrogen) atoms. The summed E-state index contributed by atoms with van der Waals surface area (Å²) in [5.41, 5.74) is 7.99. The summed E-state index contributed by atoms with van der Waals surface area (Å²) in [6.07, 6.45) is 2.37. The lowest BCUT2D eigenvalue weighted by atomic mass is 9.98. The van der Waals surface area contributed by atoms with Crippen LogP contribution in [-0.4, -0.2) is 30.4 Å². The van der Waals surface area contributed by atoms with Crippen LogP contribution in [0, 0.1) is 12.8 Å². The van der Waals surface area contributed by atoms with Gasteiger partial charge in [-0.2, -0.15) is 0 Å². The van der Waals surface area contributed by atoms with Crippen molar-refractivity contribution in [2.75, 3.05) is 11.4 Å². The van der Waals surface area contributed by atoms with Crippen LogP contribution in [0.15, 0.2) is 24.3 Å². The number of carbonyl (C=O) groups excluding carboxylic acids is 2. The van der Waals surface area contributed by atoms with Gasteiger partial charge in [-0.3, -0.25) is 9.59 Å². The summed E-state index contributed by atoms with van der Waals surface area (Å²) in [4.78, 5) is 26.7. The van der Waals surface area contributed by atoms with E-state index in [4.69, 9.17) is 5.73 Å². The summed E-state index contributed by atoms with van der Waals surface area (Å²) < 4.78 is 0. The molecule has 1 aliphatic rings. The van der Waals surface area contributed by atoms with Crippen molar-refractivity contribution in [1.82, 2.24) is 5.32 Å². The van der Waals surface area contributed by atoms with Crippen LogP contribution in [-0.2, 0) is 9.59 Å². The monoisotopic (exact) mass is 317 g/mol. The van der Waals surface area contributed by atoms with E-state index < -0.39 is 12.1 Å². The number of nitrogens with zero attached hydrogens (tertiary/aromatic N) is 1. The third-order valence-electron chi connectivity index (χ3n) is 4.66. The molecule has 0 aromatic heterocycles. The fourth-order valence-corrected chi connectivity index (χ4v) is 2.77. The molecule has 0 bridgehead atoms. The highest BCUT2D eigenvalue weighted by Gasteiger charge is 2.32. The quantitative estimate of drug-likeness (QED) is 0.872. The average Bonchev–Trinajstić information content (AvgIpc) is 2.56. The van der Waals surface area contributed by atoms with Crippen molar-refractivity contribution in [3.63, 3.8) is 0 Å². The maximum absolute atomic E-state index is 12.7. The van der Waals surface area contributed by atoms with Gasteiger partial charge in [-0.15, -0.1) is 0 Å². The molecule has 1 aromatic rings. The highest BCUT2D eigenvalue weighted by molar-refractivity contribution is 6.00. The van der Waals surface area contributed by atoms with Crippen molar-refractivity contribution in [3.8, 4) is 0 Å². The molecule has 5 nitrogen and oxygen atoms in total. The van der Waals surface area contributed by atoms with Crippen LogP contribution in [0.5, 0.6) is 0 Å². The van der Waals surface area contributed by atoms with E-state index >= 15 is 0 Å². The summed E-state index contributed by atoms with van der Waals surface area (Å²) in [6.45, 7) is 6.65. The Morgan fingerprint density at radius 1 is 1.39 bits per heavy atom. The van der Waals surface area contributed by atoms with Crippen LogP contribution in [0.25, 0.3) is 0 Å². The van der Waals surface area contributed by atoms with Crippen molar-refractivity contribution in [3.05, 3.63) is 29.8 Å². The molecule has 1 aromatic carbocycles. The van der Waals surface area contributed by atoms with E-state index in [9.17, 15) is 9.59 Å². The molecule has 2 rings (SSSR count).